The Labute approximate surface area is 331 Å². The highest BCUT2D eigenvalue weighted by Crippen LogP contribution is 2.29. The summed E-state index contributed by atoms with van der Waals surface area (Å²) in [6.07, 6.45) is 5.55. The summed E-state index contributed by atoms with van der Waals surface area (Å²) in [6, 6.07) is 42.6. The van der Waals surface area contributed by atoms with Crippen molar-refractivity contribution in [3.05, 3.63) is 139 Å². The van der Waals surface area contributed by atoms with Gasteiger partial charge >= 0.3 is 5.97 Å². The number of rotatable bonds is 9. The zero-order valence-corrected chi connectivity index (χ0v) is 32.8. The van der Waals surface area contributed by atoms with Gasteiger partial charge in [-0.15, -0.1) is 0 Å². The largest absolute Gasteiger partial charge is 0.462 e. The van der Waals surface area contributed by atoms with E-state index in [-0.39, 0.29) is 5.97 Å². The molecule has 0 aromatic heterocycles. The molecule has 56 heavy (non-hydrogen) atoms. The molecule has 0 saturated carbocycles. The second-order valence-electron chi connectivity index (χ2n) is 13.6. The lowest BCUT2D eigenvalue weighted by molar-refractivity contribution is 0.0498. The Morgan fingerprint density at radius 1 is 0.518 bits per heavy atom. The molecule has 1 unspecified atom stereocenters. The molecule has 292 valence electrons. The zero-order valence-electron chi connectivity index (χ0n) is 32.8. The molecule has 0 saturated heterocycles. The summed E-state index contributed by atoms with van der Waals surface area (Å²) in [7, 11) is 0. The van der Waals surface area contributed by atoms with Crippen LogP contribution in [0, 0.1) is 0 Å². The highest BCUT2D eigenvalue weighted by atomic mass is 16.5. The van der Waals surface area contributed by atoms with Gasteiger partial charge in [-0.3, -0.25) is 0 Å². The lowest BCUT2D eigenvalue weighted by Crippen LogP contribution is -2.13. The van der Waals surface area contributed by atoms with Gasteiger partial charge in [-0.2, -0.15) is 0 Å². The van der Waals surface area contributed by atoms with Gasteiger partial charge in [0.2, 0.25) is 0 Å². The summed E-state index contributed by atoms with van der Waals surface area (Å²) in [5, 5.41) is 9.93. The van der Waals surface area contributed by atoms with Gasteiger partial charge in [0.1, 0.15) is 0 Å². The monoisotopic (exact) mass is 751 g/mol. The first-order chi connectivity index (χ1) is 27.0. The van der Waals surface area contributed by atoms with Gasteiger partial charge < -0.3 is 44.5 Å². The number of carbonyl (C=O) groups excluding carboxylic acids is 1. The number of benzene rings is 7. The Balaban J connectivity index is 0.000000167. The minimum atomic E-state index is -0.267. The molecular weight excluding hydrogens is 695 g/mol. The van der Waals surface area contributed by atoms with Crippen molar-refractivity contribution >= 4 is 78.1 Å². The molecule has 7 aromatic carbocycles. The lowest BCUT2D eigenvalue weighted by atomic mass is 10.1. The van der Waals surface area contributed by atoms with Crippen LogP contribution in [0.4, 0.5) is 39.8 Å². The standard InChI is InChI=1S/C14H18N2.C13H19NO2.2C10H10N2/c1-3-10(2)16-14-9-8-13(15)11-6-4-5-7-12(11)14;1-2-3-4-5-10-16-13(15)11-6-8-12(14)9-7-11;2*11-9-5-6-10(12)8-4-2-1-3-7(8)9/h4-10,16H,3,15H2,1-2H3;6-9H,2-5,10,14H2,1H3;2*1-6H,11-12H2. The van der Waals surface area contributed by atoms with Crippen LogP contribution in [0.15, 0.2) is 133 Å². The molecule has 0 heterocycles. The number of nitrogen functional groups attached to an aromatic ring is 6. The van der Waals surface area contributed by atoms with Crippen LogP contribution < -0.4 is 39.7 Å². The van der Waals surface area contributed by atoms with Gasteiger partial charge in [-0.1, -0.05) is 106 Å². The van der Waals surface area contributed by atoms with Crippen LogP contribution in [0.3, 0.4) is 0 Å². The van der Waals surface area contributed by atoms with Crippen molar-refractivity contribution in [2.24, 2.45) is 0 Å². The minimum Gasteiger partial charge on any atom is -0.462 e. The summed E-state index contributed by atoms with van der Waals surface area (Å²) >= 11 is 0. The Morgan fingerprint density at radius 2 is 0.911 bits per heavy atom. The number of hydrogen-bond donors (Lipinski definition) is 7. The fourth-order valence-corrected chi connectivity index (χ4v) is 5.90. The molecule has 0 aliphatic carbocycles. The number of ether oxygens (including phenoxy) is 1. The molecule has 7 aromatic rings. The van der Waals surface area contributed by atoms with Gasteiger partial charge in [0.15, 0.2) is 0 Å². The number of nitrogens with one attached hydrogen (secondary N) is 1. The number of hydrogen-bond acceptors (Lipinski definition) is 9. The van der Waals surface area contributed by atoms with Gasteiger partial charge in [0, 0.05) is 78.2 Å². The van der Waals surface area contributed by atoms with Crippen molar-refractivity contribution in [1.82, 2.24) is 0 Å². The third-order valence-corrected chi connectivity index (χ3v) is 9.33. The highest BCUT2D eigenvalue weighted by Gasteiger charge is 2.07. The zero-order chi connectivity index (χ0) is 40.5. The minimum absolute atomic E-state index is 0.267. The maximum atomic E-state index is 11.5. The van der Waals surface area contributed by atoms with Gasteiger partial charge in [-0.25, -0.2) is 4.79 Å². The fourth-order valence-electron chi connectivity index (χ4n) is 5.90. The van der Waals surface area contributed by atoms with E-state index in [2.05, 4.69) is 44.3 Å². The Hall–Kier alpha value is -6.61. The molecule has 0 aliphatic heterocycles. The van der Waals surface area contributed by atoms with Crippen LogP contribution in [0.2, 0.25) is 0 Å². The Bertz CT molecular complexity index is 2140. The van der Waals surface area contributed by atoms with E-state index >= 15 is 0 Å². The topological polar surface area (TPSA) is 194 Å². The van der Waals surface area contributed by atoms with Crippen LogP contribution >= 0.6 is 0 Å². The van der Waals surface area contributed by atoms with E-state index in [1.807, 2.05) is 91.0 Å². The van der Waals surface area contributed by atoms with Crippen LogP contribution in [-0.4, -0.2) is 18.6 Å². The van der Waals surface area contributed by atoms with E-state index < -0.39 is 0 Å². The van der Waals surface area contributed by atoms with Crippen LogP contribution in [-0.2, 0) is 4.74 Å². The fraction of sp³-hybridized carbons (Fsp3) is 0.213. The molecule has 9 nitrogen and oxygen atoms in total. The van der Waals surface area contributed by atoms with Crippen molar-refractivity contribution in [3.63, 3.8) is 0 Å². The molecule has 0 amide bonds. The number of fused-ring (bicyclic) bond motifs is 3. The maximum absolute atomic E-state index is 11.5. The van der Waals surface area contributed by atoms with E-state index in [0.29, 0.717) is 23.9 Å². The smallest absolute Gasteiger partial charge is 0.338 e. The Morgan fingerprint density at radius 3 is 1.32 bits per heavy atom. The molecule has 0 aliphatic rings. The highest BCUT2D eigenvalue weighted by molar-refractivity contribution is 6.02. The van der Waals surface area contributed by atoms with Crippen LogP contribution in [0.5, 0.6) is 0 Å². The van der Waals surface area contributed by atoms with E-state index in [1.54, 1.807) is 24.3 Å². The average molecular weight is 752 g/mol. The molecule has 7 rings (SSSR count). The second-order valence-corrected chi connectivity index (χ2v) is 13.6. The third kappa shape index (κ3) is 11.9. The van der Waals surface area contributed by atoms with Gasteiger partial charge in [-0.05, 0) is 80.4 Å². The van der Waals surface area contributed by atoms with Crippen molar-refractivity contribution in [2.75, 3.05) is 46.3 Å². The van der Waals surface area contributed by atoms with E-state index in [1.165, 1.54) is 23.9 Å². The quantitative estimate of drug-likeness (QED) is 0.0426. The third-order valence-electron chi connectivity index (χ3n) is 9.33. The first-order valence-corrected chi connectivity index (χ1v) is 19.2. The van der Waals surface area contributed by atoms with E-state index in [4.69, 9.17) is 39.1 Å². The molecule has 9 heteroatoms. The number of carbonyl (C=O) groups is 1. The second kappa shape index (κ2) is 21.3. The summed E-state index contributed by atoms with van der Waals surface area (Å²) < 4.78 is 5.13. The Kier molecular flexibility index (Phi) is 16.0. The summed E-state index contributed by atoms with van der Waals surface area (Å²) in [4.78, 5) is 11.5. The van der Waals surface area contributed by atoms with Crippen molar-refractivity contribution < 1.29 is 9.53 Å². The molecule has 0 fully saturated rings. The van der Waals surface area contributed by atoms with E-state index in [0.717, 1.165) is 74.6 Å². The average Bonchev–Trinajstić information content (AvgIpc) is 3.23. The van der Waals surface area contributed by atoms with Crippen molar-refractivity contribution in [1.29, 1.82) is 0 Å². The molecular formula is C47H57N7O2. The lowest BCUT2D eigenvalue weighted by Gasteiger charge is -2.16. The maximum Gasteiger partial charge on any atom is 0.338 e. The molecule has 0 radical (unpaired) electrons. The normalized spacial score (nSPS) is 10.9. The van der Waals surface area contributed by atoms with Gasteiger partial charge in [0.05, 0.1) is 12.2 Å². The number of esters is 1. The molecule has 13 N–H and O–H groups in total. The van der Waals surface area contributed by atoms with Crippen LogP contribution in [0.1, 0.15) is 63.2 Å². The molecule has 0 bridgehead atoms. The van der Waals surface area contributed by atoms with E-state index in [9.17, 15) is 4.79 Å². The summed E-state index contributed by atoms with van der Waals surface area (Å²) in [6.45, 7) is 7.02. The number of nitrogens with two attached hydrogens (primary N) is 6. The molecule has 1 atom stereocenters. The first-order valence-electron chi connectivity index (χ1n) is 19.2. The number of unbranched alkanes of at least 4 members (excludes halogenated alkanes) is 3. The van der Waals surface area contributed by atoms with Crippen molar-refractivity contribution in [3.8, 4) is 0 Å². The van der Waals surface area contributed by atoms with Gasteiger partial charge in [0.25, 0.3) is 0 Å². The summed E-state index contributed by atoms with van der Waals surface area (Å²) in [5.74, 6) is -0.267. The number of anilines is 7. The molecule has 0 spiro atoms. The first kappa shape index (κ1) is 42.1. The SMILES string of the molecule is CCC(C)Nc1ccc(N)c2ccccc12.CCCCCCOC(=O)c1ccc(N)cc1.Nc1ccc(N)c2ccccc12.Nc1ccc(N)c2ccccc12. The predicted octanol–water partition coefficient (Wildman–Crippen LogP) is 10.6. The predicted molar refractivity (Wildman–Crippen MR) is 243 cm³/mol. The summed E-state index contributed by atoms with van der Waals surface area (Å²) in [5.41, 5.74) is 40.9. The van der Waals surface area contributed by atoms with Crippen LogP contribution in [0.25, 0.3) is 32.3 Å². The van der Waals surface area contributed by atoms with Crippen molar-refractivity contribution in [2.45, 2.75) is 58.9 Å².